The Kier molecular flexibility index (Phi) is 7.45. The molecule has 138 valence electrons. The zero-order valence-corrected chi connectivity index (χ0v) is 16.1. The molecule has 26 heavy (non-hydrogen) atoms. The van der Waals surface area contributed by atoms with E-state index < -0.39 is 5.91 Å². The van der Waals surface area contributed by atoms with Crippen molar-refractivity contribution >= 4 is 35.0 Å². The van der Waals surface area contributed by atoms with Crippen molar-refractivity contribution in [2.75, 3.05) is 27.2 Å². The van der Waals surface area contributed by atoms with E-state index in [4.69, 9.17) is 23.2 Å². The van der Waals surface area contributed by atoms with Gasteiger partial charge in [0.1, 0.15) is 0 Å². The van der Waals surface area contributed by atoms with Crippen LogP contribution in [0.2, 0.25) is 10.0 Å². The fourth-order valence-corrected chi connectivity index (χ4v) is 2.97. The Labute approximate surface area is 163 Å². The van der Waals surface area contributed by atoms with Gasteiger partial charge in [0.05, 0.1) is 23.2 Å². The zero-order chi connectivity index (χ0) is 19.1. The molecule has 0 aliphatic rings. The third-order valence-corrected chi connectivity index (χ3v) is 4.43. The van der Waals surface area contributed by atoms with E-state index in [-0.39, 0.29) is 29.1 Å². The second-order valence-electron chi connectivity index (χ2n) is 6.00. The highest BCUT2D eigenvalue weighted by Crippen LogP contribution is 2.20. The van der Waals surface area contributed by atoms with Crippen LogP contribution in [0.1, 0.15) is 22.0 Å². The molecule has 2 aromatic rings. The van der Waals surface area contributed by atoms with Gasteiger partial charge in [-0.3, -0.25) is 9.59 Å². The third kappa shape index (κ3) is 5.73. The van der Waals surface area contributed by atoms with Crippen molar-refractivity contribution in [3.8, 4) is 0 Å². The maximum absolute atomic E-state index is 12.1. The van der Waals surface area contributed by atoms with Crippen molar-refractivity contribution in [3.63, 3.8) is 0 Å². The Morgan fingerprint density at radius 2 is 1.73 bits per heavy atom. The van der Waals surface area contributed by atoms with E-state index in [2.05, 4.69) is 10.6 Å². The van der Waals surface area contributed by atoms with Gasteiger partial charge in [0, 0.05) is 11.6 Å². The van der Waals surface area contributed by atoms with Crippen LogP contribution in [-0.4, -0.2) is 43.9 Å². The molecule has 0 aliphatic heterocycles. The van der Waals surface area contributed by atoms with Crippen LogP contribution in [0.15, 0.2) is 48.5 Å². The Morgan fingerprint density at radius 3 is 2.35 bits per heavy atom. The van der Waals surface area contributed by atoms with Gasteiger partial charge in [-0.2, -0.15) is 0 Å². The number of hydrogen-bond acceptors (Lipinski definition) is 3. The highest BCUT2D eigenvalue weighted by Gasteiger charge is 2.16. The molecule has 5 nitrogen and oxygen atoms in total. The summed E-state index contributed by atoms with van der Waals surface area (Å²) in [5.74, 6) is -0.694. The summed E-state index contributed by atoms with van der Waals surface area (Å²) in [5, 5.41) is 6.09. The van der Waals surface area contributed by atoms with Gasteiger partial charge in [0.25, 0.3) is 5.91 Å². The quantitative estimate of drug-likeness (QED) is 0.759. The Hall–Kier alpha value is -2.08. The van der Waals surface area contributed by atoms with Crippen LogP contribution in [0.5, 0.6) is 0 Å². The van der Waals surface area contributed by atoms with Crippen LogP contribution in [0.3, 0.4) is 0 Å². The van der Waals surface area contributed by atoms with E-state index in [9.17, 15) is 9.59 Å². The van der Waals surface area contributed by atoms with Crippen LogP contribution in [0.25, 0.3) is 0 Å². The smallest absolute Gasteiger partial charge is 0.253 e. The van der Waals surface area contributed by atoms with E-state index >= 15 is 0 Å². The van der Waals surface area contributed by atoms with Crippen LogP contribution in [-0.2, 0) is 4.79 Å². The SMILES string of the molecule is CN(C)C(CNC(=O)CNC(=O)c1ccc(Cl)cc1Cl)c1ccccc1. The monoisotopic (exact) mass is 393 g/mol. The zero-order valence-electron chi connectivity index (χ0n) is 14.6. The number of hydrogen-bond donors (Lipinski definition) is 2. The normalized spacial score (nSPS) is 11.9. The summed E-state index contributed by atoms with van der Waals surface area (Å²) in [5.41, 5.74) is 1.38. The lowest BCUT2D eigenvalue weighted by Gasteiger charge is -2.25. The molecule has 2 rings (SSSR count). The van der Waals surface area contributed by atoms with Crippen molar-refractivity contribution in [3.05, 3.63) is 69.7 Å². The third-order valence-electron chi connectivity index (χ3n) is 3.89. The van der Waals surface area contributed by atoms with Gasteiger partial charge >= 0.3 is 0 Å². The highest BCUT2D eigenvalue weighted by atomic mass is 35.5. The summed E-state index contributed by atoms with van der Waals surface area (Å²) < 4.78 is 0. The first-order chi connectivity index (χ1) is 12.4. The molecular formula is C19H21Cl2N3O2. The number of carbonyl (C=O) groups is 2. The Morgan fingerprint density at radius 1 is 1.04 bits per heavy atom. The van der Waals surface area contributed by atoms with E-state index in [1.54, 1.807) is 6.07 Å². The number of rotatable bonds is 7. The van der Waals surface area contributed by atoms with E-state index in [1.807, 2.05) is 49.3 Å². The number of likely N-dealkylation sites (N-methyl/N-ethyl adjacent to an activating group) is 1. The number of amides is 2. The number of nitrogens with zero attached hydrogens (tertiary/aromatic N) is 1. The molecule has 1 atom stereocenters. The fourth-order valence-electron chi connectivity index (χ4n) is 2.48. The topological polar surface area (TPSA) is 61.4 Å². The second kappa shape index (κ2) is 9.57. The molecule has 0 fully saturated rings. The van der Waals surface area contributed by atoms with Gasteiger partial charge in [0.15, 0.2) is 0 Å². The number of benzene rings is 2. The van der Waals surface area contributed by atoms with E-state index in [0.29, 0.717) is 11.6 Å². The first kappa shape index (κ1) is 20.2. The molecular weight excluding hydrogens is 373 g/mol. The number of nitrogens with one attached hydrogen (secondary N) is 2. The predicted octanol–water partition coefficient (Wildman–Crippen LogP) is 3.14. The minimum absolute atomic E-state index is 0.0431. The molecule has 2 aromatic carbocycles. The van der Waals surface area contributed by atoms with E-state index in [0.717, 1.165) is 5.56 Å². The molecule has 0 heterocycles. The summed E-state index contributed by atoms with van der Waals surface area (Å²) in [6, 6.07) is 14.5. The molecule has 0 radical (unpaired) electrons. The van der Waals surface area contributed by atoms with Gasteiger partial charge in [-0.15, -0.1) is 0 Å². The average molecular weight is 394 g/mol. The van der Waals surface area contributed by atoms with Gasteiger partial charge in [-0.25, -0.2) is 0 Å². The van der Waals surface area contributed by atoms with Crippen molar-refractivity contribution in [1.29, 1.82) is 0 Å². The summed E-state index contributed by atoms with van der Waals surface area (Å²) in [6.45, 7) is 0.306. The molecule has 7 heteroatoms. The summed E-state index contributed by atoms with van der Waals surface area (Å²) in [7, 11) is 3.91. The largest absolute Gasteiger partial charge is 0.353 e. The van der Waals surface area contributed by atoms with Crippen molar-refractivity contribution in [1.82, 2.24) is 15.5 Å². The van der Waals surface area contributed by atoms with E-state index in [1.165, 1.54) is 12.1 Å². The molecule has 2 amide bonds. The second-order valence-corrected chi connectivity index (χ2v) is 6.84. The molecule has 0 spiro atoms. The first-order valence-corrected chi connectivity index (χ1v) is 8.85. The molecule has 0 saturated carbocycles. The highest BCUT2D eigenvalue weighted by molar-refractivity contribution is 6.36. The fraction of sp³-hybridized carbons (Fsp3) is 0.263. The minimum Gasteiger partial charge on any atom is -0.353 e. The Bertz CT molecular complexity index is 767. The number of carbonyl (C=O) groups excluding carboxylic acids is 2. The molecule has 0 saturated heterocycles. The van der Waals surface area contributed by atoms with Crippen LogP contribution in [0, 0.1) is 0 Å². The lowest BCUT2D eigenvalue weighted by atomic mass is 10.1. The Balaban J connectivity index is 1.87. The van der Waals surface area contributed by atoms with Crippen LogP contribution >= 0.6 is 23.2 Å². The summed E-state index contributed by atoms with van der Waals surface area (Å²) >= 11 is 11.8. The van der Waals surface area contributed by atoms with Gasteiger partial charge < -0.3 is 15.5 Å². The van der Waals surface area contributed by atoms with Gasteiger partial charge in [-0.1, -0.05) is 53.5 Å². The lowest BCUT2D eigenvalue weighted by molar-refractivity contribution is -0.120. The summed E-state index contributed by atoms with van der Waals surface area (Å²) in [6.07, 6.45) is 0. The molecule has 1 unspecified atom stereocenters. The van der Waals surface area contributed by atoms with Crippen molar-refractivity contribution in [2.24, 2.45) is 0 Å². The molecule has 0 aromatic heterocycles. The van der Waals surface area contributed by atoms with Crippen LogP contribution < -0.4 is 10.6 Å². The predicted molar refractivity (Wildman–Crippen MR) is 105 cm³/mol. The summed E-state index contributed by atoms with van der Waals surface area (Å²) in [4.78, 5) is 26.2. The van der Waals surface area contributed by atoms with Gasteiger partial charge in [-0.05, 0) is 37.9 Å². The van der Waals surface area contributed by atoms with Crippen molar-refractivity contribution < 1.29 is 9.59 Å². The van der Waals surface area contributed by atoms with Crippen LogP contribution in [0.4, 0.5) is 0 Å². The standard InChI is InChI=1S/C19H21Cl2N3O2/c1-24(2)17(13-6-4-3-5-7-13)11-22-18(25)12-23-19(26)15-9-8-14(20)10-16(15)21/h3-10,17H,11-12H2,1-2H3,(H,22,25)(H,23,26). The van der Waals surface area contributed by atoms with Crippen molar-refractivity contribution in [2.45, 2.75) is 6.04 Å². The lowest BCUT2D eigenvalue weighted by Crippen LogP contribution is -2.40. The maximum Gasteiger partial charge on any atom is 0.253 e. The average Bonchev–Trinajstić information content (AvgIpc) is 2.60. The van der Waals surface area contributed by atoms with Gasteiger partial charge in [0.2, 0.25) is 5.91 Å². The first-order valence-electron chi connectivity index (χ1n) is 8.10. The molecule has 0 bridgehead atoms. The maximum atomic E-state index is 12.1. The minimum atomic E-state index is -0.422. The molecule has 0 aliphatic carbocycles. The molecule has 2 N–H and O–H groups in total. The number of halogens is 2.